The molecule has 35 heavy (non-hydrogen) atoms. The first kappa shape index (κ1) is 24.4. The van der Waals surface area contributed by atoms with Crippen LogP contribution in [0.25, 0.3) is 0 Å². The highest BCUT2D eigenvalue weighted by molar-refractivity contribution is 7.71. The fraction of sp³-hybridized carbons (Fsp3) is 0.538. The van der Waals surface area contributed by atoms with Gasteiger partial charge in [-0.3, -0.25) is 10.2 Å². The number of hydrazine groups is 1. The highest BCUT2D eigenvalue weighted by atomic mass is 31.2. The predicted molar refractivity (Wildman–Crippen MR) is 135 cm³/mol. The number of nitrogens with one attached hydrogen (secondary N) is 2. The normalized spacial score (nSPS) is 27.1. The number of benzene rings is 1. The van der Waals surface area contributed by atoms with Gasteiger partial charge in [-0.25, -0.2) is 14.8 Å². The molecule has 1 aliphatic carbocycles. The topological polar surface area (TPSA) is 94.6 Å². The Kier molecular flexibility index (Phi) is 6.97. The van der Waals surface area contributed by atoms with Crippen molar-refractivity contribution >= 4 is 24.2 Å². The van der Waals surface area contributed by atoms with Crippen LogP contribution in [-0.4, -0.2) is 47.5 Å². The molecular formula is C26H34FN4O3P. The number of hydrogen-bond donors (Lipinski definition) is 3. The molecule has 0 bridgehead atoms. The Morgan fingerprint density at radius 1 is 1.23 bits per heavy atom. The maximum Gasteiger partial charge on any atom is 0.237 e. The Morgan fingerprint density at radius 3 is 2.77 bits per heavy atom. The summed E-state index contributed by atoms with van der Waals surface area (Å²) in [5.41, 5.74) is 7.70. The molecule has 1 aromatic heterocycles. The van der Waals surface area contributed by atoms with E-state index in [-0.39, 0.29) is 23.8 Å². The van der Waals surface area contributed by atoms with Crippen molar-refractivity contribution in [3.8, 4) is 0 Å². The van der Waals surface area contributed by atoms with Crippen molar-refractivity contribution < 1.29 is 18.9 Å². The number of carbonyl (C=O) groups excluding carboxylic acids is 1. The third-order valence-electron chi connectivity index (χ3n) is 7.99. The minimum Gasteiger partial charge on any atom is -0.389 e. The van der Waals surface area contributed by atoms with E-state index in [1.165, 1.54) is 6.07 Å². The number of nitrogens with zero attached hydrogens (tertiary/aromatic N) is 2. The first-order chi connectivity index (χ1) is 16.9. The van der Waals surface area contributed by atoms with Crippen LogP contribution in [-0.2, 0) is 15.8 Å². The number of aromatic nitrogens is 1. The van der Waals surface area contributed by atoms with Gasteiger partial charge in [-0.15, -0.1) is 0 Å². The van der Waals surface area contributed by atoms with Crippen molar-refractivity contribution in [1.29, 1.82) is 0 Å². The lowest BCUT2D eigenvalue weighted by Gasteiger charge is -2.41. The van der Waals surface area contributed by atoms with E-state index < -0.39 is 19.1 Å². The lowest BCUT2D eigenvalue weighted by atomic mass is 9.72. The van der Waals surface area contributed by atoms with Crippen LogP contribution in [0.3, 0.4) is 0 Å². The van der Waals surface area contributed by atoms with Gasteiger partial charge in [0.2, 0.25) is 5.91 Å². The van der Waals surface area contributed by atoms with E-state index in [1.54, 1.807) is 31.3 Å². The Labute approximate surface area is 205 Å². The lowest BCUT2D eigenvalue weighted by Crippen LogP contribution is -2.60. The Hall–Kier alpha value is -2.28. The van der Waals surface area contributed by atoms with Gasteiger partial charge in [0.05, 0.1) is 6.10 Å². The molecule has 3 fully saturated rings. The number of amides is 1. The van der Waals surface area contributed by atoms with Crippen molar-refractivity contribution in [2.24, 2.45) is 11.8 Å². The summed E-state index contributed by atoms with van der Waals surface area (Å²) in [5.74, 6) is 0.681. The van der Waals surface area contributed by atoms with E-state index >= 15 is 0 Å². The second-order valence-corrected chi connectivity index (χ2v) is 13.4. The zero-order chi connectivity index (χ0) is 24.6. The summed E-state index contributed by atoms with van der Waals surface area (Å²) in [6.45, 7) is 2.70. The van der Waals surface area contributed by atoms with Crippen molar-refractivity contribution in [2.75, 3.05) is 30.3 Å². The molecular weight excluding hydrogens is 466 g/mol. The average molecular weight is 501 g/mol. The van der Waals surface area contributed by atoms with Gasteiger partial charge in [0.1, 0.15) is 18.8 Å². The van der Waals surface area contributed by atoms with Crippen LogP contribution in [0.15, 0.2) is 36.5 Å². The number of aliphatic hydroxyl groups excluding tert-OH is 1. The van der Waals surface area contributed by atoms with Crippen molar-refractivity contribution in [2.45, 2.75) is 51.2 Å². The van der Waals surface area contributed by atoms with Crippen molar-refractivity contribution in [3.05, 3.63) is 53.5 Å². The first-order valence-corrected chi connectivity index (χ1v) is 14.7. The Bertz CT molecular complexity index is 1130. The van der Waals surface area contributed by atoms with E-state index in [1.807, 2.05) is 11.0 Å². The zero-order valence-corrected chi connectivity index (χ0v) is 21.0. The predicted octanol–water partition coefficient (Wildman–Crippen LogP) is 3.13. The lowest BCUT2D eigenvalue weighted by molar-refractivity contribution is -0.133. The standard InChI is InChI=1S/C26H34FN4O3P/c1-17(32)19-7-4-10-28-25(19)31-11-13-35(34,14-12-31)24-16-18(8-9-22(24)27)15-23-20-5-2-3-6-21(20)26(33)30-29-23/h4,7-10,16-17,20-21,23,29,32H,2-3,5-6,11-15H2,1H3,(H,30,33). The molecule has 4 atom stereocenters. The number of hydrogen-bond acceptors (Lipinski definition) is 6. The summed E-state index contributed by atoms with van der Waals surface area (Å²) in [4.78, 5) is 18.8. The number of aliphatic hydroxyl groups is 1. The molecule has 3 heterocycles. The van der Waals surface area contributed by atoms with Crippen LogP contribution in [0.2, 0.25) is 0 Å². The number of anilines is 1. The zero-order valence-electron chi connectivity index (χ0n) is 20.1. The summed E-state index contributed by atoms with van der Waals surface area (Å²) in [7, 11) is -2.92. The number of pyridine rings is 1. The molecule has 188 valence electrons. The Morgan fingerprint density at radius 2 is 2.00 bits per heavy atom. The third kappa shape index (κ3) is 4.89. The van der Waals surface area contributed by atoms with E-state index in [0.717, 1.165) is 36.8 Å². The molecule has 1 amide bonds. The van der Waals surface area contributed by atoms with Crippen LogP contribution in [0, 0.1) is 17.7 Å². The number of halogens is 1. The minimum absolute atomic E-state index is 0.0377. The molecule has 1 aromatic carbocycles. The van der Waals surface area contributed by atoms with Gasteiger partial charge < -0.3 is 14.6 Å². The van der Waals surface area contributed by atoms with Crippen LogP contribution >= 0.6 is 7.14 Å². The van der Waals surface area contributed by atoms with Gasteiger partial charge in [-0.05, 0) is 55.9 Å². The van der Waals surface area contributed by atoms with Crippen molar-refractivity contribution in [1.82, 2.24) is 15.8 Å². The summed E-state index contributed by atoms with van der Waals surface area (Å²) in [6.07, 6.45) is 6.58. The van der Waals surface area contributed by atoms with E-state index in [9.17, 15) is 18.9 Å². The van der Waals surface area contributed by atoms with E-state index in [4.69, 9.17) is 0 Å². The third-order valence-corrected chi connectivity index (χ3v) is 11.1. The minimum atomic E-state index is -2.92. The molecule has 4 unspecified atom stereocenters. The van der Waals surface area contributed by atoms with Gasteiger partial charge in [0.15, 0.2) is 0 Å². The second kappa shape index (κ2) is 10.00. The SMILES string of the molecule is CC(O)c1cccnc1N1CCP(=O)(c2cc(CC3NNC(=O)C4CCCCC34)ccc2F)CC1. The molecule has 5 rings (SSSR count). The van der Waals surface area contributed by atoms with Crippen LogP contribution < -0.4 is 21.1 Å². The van der Waals surface area contributed by atoms with Crippen LogP contribution in [0.1, 0.15) is 49.8 Å². The molecule has 3 N–H and O–H groups in total. The smallest absolute Gasteiger partial charge is 0.237 e. The summed E-state index contributed by atoms with van der Waals surface area (Å²) in [5, 5.41) is 10.4. The largest absolute Gasteiger partial charge is 0.389 e. The average Bonchev–Trinajstić information content (AvgIpc) is 2.87. The van der Waals surface area contributed by atoms with Gasteiger partial charge in [-0.1, -0.05) is 25.0 Å². The summed E-state index contributed by atoms with van der Waals surface area (Å²) >= 11 is 0. The summed E-state index contributed by atoms with van der Waals surface area (Å²) < 4.78 is 28.9. The quantitative estimate of drug-likeness (QED) is 0.547. The van der Waals surface area contributed by atoms with Crippen LogP contribution in [0.5, 0.6) is 0 Å². The van der Waals surface area contributed by atoms with E-state index in [0.29, 0.717) is 43.0 Å². The molecule has 1 saturated carbocycles. The fourth-order valence-corrected chi connectivity index (χ4v) is 8.72. The molecule has 0 radical (unpaired) electrons. The van der Waals surface area contributed by atoms with Gasteiger partial charge in [-0.2, -0.15) is 0 Å². The number of fused-ring (bicyclic) bond motifs is 1. The number of carbonyl (C=O) groups is 1. The molecule has 2 aromatic rings. The van der Waals surface area contributed by atoms with Gasteiger partial charge in [0.25, 0.3) is 0 Å². The molecule has 9 heteroatoms. The molecule has 0 spiro atoms. The molecule has 2 saturated heterocycles. The van der Waals surface area contributed by atoms with Gasteiger partial charge >= 0.3 is 0 Å². The maximum absolute atomic E-state index is 15.0. The first-order valence-electron chi connectivity index (χ1n) is 12.7. The molecule has 3 aliphatic rings. The van der Waals surface area contributed by atoms with Crippen LogP contribution in [0.4, 0.5) is 10.2 Å². The fourth-order valence-electron chi connectivity index (χ4n) is 6.02. The summed E-state index contributed by atoms with van der Waals surface area (Å²) in [6, 6.07) is 8.75. The second-order valence-electron chi connectivity index (χ2n) is 10.2. The van der Waals surface area contributed by atoms with Gasteiger partial charge in [0, 0.05) is 54.4 Å². The van der Waals surface area contributed by atoms with E-state index in [2.05, 4.69) is 15.8 Å². The highest BCUT2D eigenvalue weighted by Crippen LogP contribution is 2.48. The Balaban J connectivity index is 1.32. The molecule has 7 nitrogen and oxygen atoms in total. The highest BCUT2D eigenvalue weighted by Gasteiger charge is 2.40. The monoisotopic (exact) mass is 500 g/mol. The molecule has 2 aliphatic heterocycles. The maximum atomic E-state index is 15.0. The van der Waals surface area contributed by atoms with Crippen molar-refractivity contribution in [3.63, 3.8) is 0 Å². The number of rotatable bonds is 5.